The summed E-state index contributed by atoms with van der Waals surface area (Å²) in [6.07, 6.45) is -2.87. The molecule has 0 aromatic heterocycles. The van der Waals surface area contributed by atoms with E-state index in [4.69, 9.17) is 5.11 Å². The maximum absolute atomic E-state index is 13.4. The van der Waals surface area contributed by atoms with Crippen molar-refractivity contribution >= 4 is 12.2 Å². The molecule has 1 aliphatic heterocycles. The number of aliphatic hydroxyl groups is 1. The van der Waals surface area contributed by atoms with E-state index in [-0.39, 0.29) is 12.1 Å². The number of benzene rings is 1. The third-order valence-electron chi connectivity index (χ3n) is 3.65. The van der Waals surface area contributed by atoms with E-state index in [0.29, 0.717) is 17.0 Å². The lowest BCUT2D eigenvalue weighted by Gasteiger charge is -2.44. The zero-order chi connectivity index (χ0) is 17.3. The monoisotopic (exact) mass is 334 g/mol. The van der Waals surface area contributed by atoms with Gasteiger partial charge in [0.1, 0.15) is 0 Å². The molecule has 2 atom stereocenters. The largest absolute Gasteiger partial charge is 0.465 e. The predicted molar refractivity (Wildman–Crippen MR) is 69.4 cm³/mol. The van der Waals surface area contributed by atoms with Crippen molar-refractivity contribution in [1.82, 2.24) is 9.80 Å². The van der Waals surface area contributed by atoms with Gasteiger partial charge in [0.15, 0.2) is 17.5 Å². The molecule has 10 heteroatoms. The van der Waals surface area contributed by atoms with E-state index in [1.54, 1.807) is 0 Å². The molecule has 3 N–H and O–H groups in total. The van der Waals surface area contributed by atoms with Crippen LogP contribution in [0.4, 0.5) is 22.8 Å². The number of halogens is 3. The number of carbonyl (C=O) groups is 2. The number of amides is 2. The fraction of sp³-hybridized carbons (Fsp3) is 0.385. The van der Waals surface area contributed by atoms with Gasteiger partial charge in [-0.2, -0.15) is 0 Å². The SMILES string of the molecule is O=C(O)N1CC(CO)N(C(=O)O)C(c2cc(F)c(F)c(F)c2)C1. The Morgan fingerprint density at radius 1 is 1.09 bits per heavy atom. The van der Waals surface area contributed by atoms with E-state index in [2.05, 4.69) is 0 Å². The smallest absolute Gasteiger partial charge is 0.408 e. The molecule has 1 aromatic rings. The Morgan fingerprint density at radius 2 is 1.65 bits per heavy atom. The Kier molecular flexibility index (Phi) is 4.64. The number of rotatable bonds is 2. The molecule has 1 saturated heterocycles. The molecular weight excluding hydrogens is 321 g/mol. The summed E-state index contributed by atoms with van der Waals surface area (Å²) in [5, 5.41) is 27.6. The Bertz CT molecular complexity index is 619. The van der Waals surface area contributed by atoms with E-state index in [1.807, 2.05) is 0 Å². The van der Waals surface area contributed by atoms with Crippen molar-refractivity contribution in [3.8, 4) is 0 Å². The summed E-state index contributed by atoms with van der Waals surface area (Å²) < 4.78 is 39.9. The summed E-state index contributed by atoms with van der Waals surface area (Å²) in [6, 6.07) is -1.17. The van der Waals surface area contributed by atoms with Crippen LogP contribution in [0.3, 0.4) is 0 Å². The van der Waals surface area contributed by atoms with E-state index in [9.17, 15) is 33.0 Å². The van der Waals surface area contributed by atoms with Crippen molar-refractivity contribution in [1.29, 1.82) is 0 Å². The van der Waals surface area contributed by atoms with Gasteiger partial charge in [0.05, 0.1) is 18.7 Å². The van der Waals surface area contributed by atoms with Gasteiger partial charge >= 0.3 is 12.2 Å². The van der Waals surface area contributed by atoms with Crippen LogP contribution >= 0.6 is 0 Å². The molecule has 126 valence electrons. The first kappa shape index (κ1) is 16.9. The van der Waals surface area contributed by atoms with Gasteiger partial charge in [0, 0.05) is 13.1 Å². The highest BCUT2D eigenvalue weighted by atomic mass is 19.2. The highest BCUT2D eigenvalue weighted by molar-refractivity contribution is 5.69. The summed E-state index contributed by atoms with van der Waals surface area (Å²) in [4.78, 5) is 24.1. The van der Waals surface area contributed by atoms with Crippen LogP contribution in [0.25, 0.3) is 0 Å². The molecule has 2 amide bonds. The van der Waals surface area contributed by atoms with Gasteiger partial charge in [0.2, 0.25) is 0 Å². The number of hydrogen-bond donors (Lipinski definition) is 3. The van der Waals surface area contributed by atoms with Crippen LogP contribution in [0.15, 0.2) is 12.1 Å². The standard InChI is InChI=1S/C13H13F3N2O5/c14-8-1-6(2-9(15)11(8)16)10-4-17(12(20)21)3-7(5-19)18(10)13(22)23/h1-2,7,10,19H,3-5H2,(H,20,21)(H,22,23). The van der Waals surface area contributed by atoms with Crippen molar-refractivity contribution in [3.63, 3.8) is 0 Å². The van der Waals surface area contributed by atoms with Crippen molar-refractivity contribution in [2.75, 3.05) is 19.7 Å². The van der Waals surface area contributed by atoms with Crippen LogP contribution in [0.2, 0.25) is 0 Å². The topological polar surface area (TPSA) is 101 Å². The lowest BCUT2D eigenvalue weighted by Crippen LogP contribution is -2.58. The third-order valence-corrected chi connectivity index (χ3v) is 3.65. The first-order valence-corrected chi connectivity index (χ1v) is 6.50. The molecule has 0 radical (unpaired) electrons. The number of hydrogen-bond acceptors (Lipinski definition) is 3. The summed E-state index contributed by atoms with van der Waals surface area (Å²) in [7, 11) is 0. The van der Waals surface area contributed by atoms with Gasteiger partial charge in [-0.15, -0.1) is 0 Å². The van der Waals surface area contributed by atoms with Crippen molar-refractivity contribution in [3.05, 3.63) is 35.1 Å². The summed E-state index contributed by atoms with van der Waals surface area (Å²) in [6.45, 7) is -1.37. The minimum atomic E-state index is -1.71. The minimum absolute atomic E-state index is 0.242. The first-order chi connectivity index (χ1) is 10.8. The predicted octanol–water partition coefficient (Wildman–Crippen LogP) is 1.48. The van der Waals surface area contributed by atoms with Crippen LogP contribution in [-0.2, 0) is 0 Å². The van der Waals surface area contributed by atoms with Crippen LogP contribution < -0.4 is 0 Å². The van der Waals surface area contributed by atoms with E-state index >= 15 is 0 Å². The van der Waals surface area contributed by atoms with Gasteiger partial charge in [-0.3, -0.25) is 4.90 Å². The van der Waals surface area contributed by atoms with Gasteiger partial charge in [-0.25, -0.2) is 22.8 Å². The molecule has 0 aliphatic carbocycles. The summed E-state index contributed by atoms with van der Waals surface area (Å²) >= 11 is 0. The average molecular weight is 334 g/mol. The highest BCUT2D eigenvalue weighted by Gasteiger charge is 2.40. The molecule has 2 unspecified atom stereocenters. The third kappa shape index (κ3) is 3.16. The molecule has 0 spiro atoms. The van der Waals surface area contributed by atoms with E-state index < -0.39 is 54.9 Å². The molecule has 7 nitrogen and oxygen atoms in total. The van der Waals surface area contributed by atoms with E-state index in [0.717, 1.165) is 4.90 Å². The van der Waals surface area contributed by atoms with Gasteiger partial charge in [-0.05, 0) is 17.7 Å². The number of carboxylic acid groups (broad SMARTS) is 2. The molecule has 1 heterocycles. The lowest BCUT2D eigenvalue weighted by molar-refractivity contribution is 0.00924. The van der Waals surface area contributed by atoms with Gasteiger partial charge in [-0.1, -0.05) is 0 Å². The molecule has 0 bridgehead atoms. The fourth-order valence-corrected chi connectivity index (χ4v) is 2.59. The average Bonchev–Trinajstić information content (AvgIpc) is 2.50. The first-order valence-electron chi connectivity index (χ1n) is 6.50. The molecule has 0 saturated carbocycles. The Hall–Kier alpha value is -2.49. The van der Waals surface area contributed by atoms with Crippen LogP contribution in [-0.4, -0.2) is 63.0 Å². The van der Waals surface area contributed by atoms with E-state index in [1.165, 1.54) is 0 Å². The molecular formula is C13H13F3N2O5. The normalized spacial score (nSPS) is 21.4. The Labute approximate surface area is 128 Å². The maximum atomic E-state index is 13.4. The Balaban J connectivity index is 2.49. The second-order valence-corrected chi connectivity index (χ2v) is 5.03. The fourth-order valence-electron chi connectivity index (χ4n) is 2.59. The quantitative estimate of drug-likeness (QED) is 0.711. The van der Waals surface area contributed by atoms with Crippen molar-refractivity contribution in [2.24, 2.45) is 0 Å². The summed E-state index contributed by atoms with van der Waals surface area (Å²) in [5.74, 6) is -4.74. The minimum Gasteiger partial charge on any atom is -0.465 e. The van der Waals surface area contributed by atoms with Crippen LogP contribution in [0, 0.1) is 17.5 Å². The lowest BCUT2D eigenvalue weighted by atomic mass is 9.99. The maximum Gasteiger partial charge on any atom is 0.408 e. The zero-order valence-corrected chi connectivity index (χ0v) is 11.6. The highest BCUT2D eigenvalue weighted by Crippen LogP contribution is 2.30. The molecule has 23 heavy (non-hydrogen) atoms. The number of aliphatic hydroxyl groups excluding tert-OH is 1. The molecule has 1 aromatic carbocycles. The zero-order valence-electron chi connectivity index (χ0n) is 11.6. The second kappa shape index (κ2) is 6.32. The van der Waals surface area contributed by atoms with Gasteiger partial charge < -0.3 is 20.2 Å². The molecule has 1 fully saturated rings. The summed E-state index contributed by atoms with van der Waals surface area (Å²) in [5.41, 5.74) is -0.242. The second-order valence-electron chi connectivity index (χ2n) is 5.03. The van der Waals surface area contributed by atoms with Gasteiger partial charge in [0.25, 0.3) is 0 Å². The number of piperazine rings is 1. The van der Waals surface area contributed by atoms with Crippen LogP contribution in [0.5, 0.6) is 0 Å². The molecule has 2 rings (SSSR count). The van der Waals surface area contributed by atoms with Crippen LogP contribution in [0.1, 0.15) is 11.6 Å². The molecule has 1 aliphatic rings. The number of nitrogens with zero attached hydrogens (tertiary/aromatic N) is 2. The Morgan fingerprint density at radius 3 is 2.09 bits per heavy atom. The van der Waals surface area contributed by atoms with Crippen molar-refractivity contribution < 1.29 is 38.1 Å². The van der Waals surface area contributed by atoms with Crippen molar-refractivity contribution in [2.45, 2.75) is 12.1 Å².